The minimum atomic E-state index is 0. The molecule has 21 heavy (non-hydrogen) atoms. The molecular weight excluding hydrogens is 373 g/mol. The Balaban J connectivity index is 0.00000220. The van der Waals surface area contributed by atoms with E-state index >= 15 is 0 Å². The second-order valence-corrected chi connectivity index (χ2v) is 4.76. The van der Waals surface area contributed by atoms with Gasteiger partial charge in [0.05, 0.1) is 6.54 Å². The maximum atomic E-state index is 4.67. The number of benzene rings is 2. The Hall–Kier alpha value is -1.30. The predicted octanol–water partition coefficient (Wildman–Crippen LogP) is 3.92. The number of hydrogen-bond donors (Lipinski definition) is 2. The van der Waals surface area contributed by atoms with Crippen LogP contribution < -0.4 is 10.6 Å². The zero-order valence-electron chi connectivity index (χ0n) is 12.7. The number of nitrogens with one attached hydrogen (secondary N) is 2. The first-order chi connectivity index (χ1) is 9.85. The Bertz CT molecular complexity index is 576. The lowest BCUT2D eigenvalue weighted by atomic mass is 10.1. The van der Waals surface area contributed by atoms with Gasteiger partial charge in [0, 0.05) is 13.1 Å². The van der Waals surface area contributed by atoms with E-state index in [0.29, 0.717) is 6.54 Å². The molecular formula is C17H24IN3. The summed E-state index contributed by atoms with van der Waals surface area (Å²) in [5.41, 5.74) is 1.26. The van der Waals surface area contributed by atoms with Crippen molar-refractivity contribution in [3.63, 3.8) is 0 Å². The third-order valence-corrected chi connectivity index (χ3v) is 3.17. The molecule has 0 spiro atoms. The summed E-state index contributed by atoms with van der Waals surface area (Å²) < 4.78 is 0. The highest BCUT2D eigenvalue weighted by molar-refractivity contribution is 14.0. The van der Waals surface area contributed by atoms with Crippen molar-refractivity contribution in [2.45, 2.75) is 26.8 Å². The molecule has 114 valence electrons. The lowest BCUT2D eigenvalue weighted by molar-refractivity contribution is 0.786. The highest BCUT2D eigenvalue weighted by Crippen LogP contribution is 2.18. The third kappa shape index (κ3) is 5.19. The Morgan fingerprint density at radius 1 is 1.00 bits per heavy atom. The molecule has 0 aliphatic rings. The third-order valence-electron chi connectivity index (χ3n) is 3.17. The number of fused-ring (bicyclic) bond motifs is 1. The van der Waals surface area contributed by atoms with Crippen molar-refractivity contribution < 1.29 is 0 Å². The summed E-state index contributed by atoms with van der Waals surface area (Å²) >= 11 is 0. The molecule has 0 amide bonds. The first-order valence-corrected chi connectivity index (χ1v) is 7.34. The highest BCUT2D eigenvalue weighted by Gasteiger charge is 2.00. The smallest absolute Gasteiger partial charge is 0.191 e. The number of guanidine groups is 1. The van der Waals surface area contributed by atoms with Crippen molar-refractivity contribution in [3.8, 4) is 0 Å². The summed E-state index contributed by atoms with van der Waals surface area (Å²) in [4.78, 5) is 4.67. The van der Waals surface area contributed by atoms with Gasteiger partial charge in [0.15, 0.2) is 5.96 Å². The van der Waals surface area contributed by atoms with Gasteiger partial charge in [0.25, 0.3) is 0 Å². The number of hydrogen-bond acceptors (Lipinski definition) is 1. The number of nitrogens with zero attached hydrogens (tertiary/aromatic N) is 1. The van der Waals surface area contributed by atoms with Crippen molar-refractivity contribution in [3.05, 3.63) is 48.0 Å². The van der Waals surface area contributed by atoms with Gasteiger partial charge in [-0.3, -0.25) is 0 Å². The summed E-state index contributed by atoms with van der Waals surface area (Å²) in [6.45, 7) is 6.76. The van der Waals surface area contributed by atoms with E-state index in [1.165, 1.54) is 16.3 Å². The molecule has 0 aliphatic carbocycles. The molecule has 0 saturated carbocycles. The molecule has 0 aromatic heterocycles. The van der Waals surface area contributed by atoms with E-state index in [0.717, 1.165) is 25.5 Å². The zero-order chi connectivity index (χ0) is 14.2. The Labute approximate surface area is 144 Å². The molecule has 0 aliphatic heterocycles. The second-order valence-electron chi connectivity index (χ2n) is 4.76. The van der Waals surface area contributed by atoms with Crippen LogP contribution in [0.2, 0.25) is 0 Å². The fourth-order valence-electron chi connectivity index (χ4n) is 2.18. The molecule has 0 fully saturated rings. The first-order valence-electron chi connectivity index (χ1n) is 7.34. The van der Waals surface area contributed by atoms with Crippen LogP contribution in [0.3, 0.4) is 0 Å². The molecule has 0 unspecified atom stereocenters. The van der Waals surface area contributed by atoms with E-state index in [4.69, 9.17) is 0 Å². The maximum absolute atomic E-state index is 4.67. The van der Waals surface area contributed by atoms with Crippen molar-refractivity contribution in [1.29, 1.82) is 0 Å². The van der Waals surface area contributed by atoms with Crippen LogP contribution in [0.15, 0.2) is 47.5 Å². The average molecular weight is 397 g/mol. The molecule has 0 saturated heterocycles. The van der Waals surface area contributed by atoms with E-state index in [1.807, 2.05) is 0 Å². The minimum Gasteiger partial charge on any atom is -0.357 e. The van der Waals surface area contributed by atoms with Gasteiger partial charge in [-0.15, -0.1) is 24.0 Å². The largest absolute Gasteiger partial charge is 0.357 e. The monoisotopic (exact) mass is 397 g/mol. The van der Waals surface area contributed by atoms with E-state index in [2.05, 4.69) is 71.9 Å². The van der Waals surface area contributed by atoms with Gasteiger partial charge in [-0.25, -0.2) is 4.99 Å². The molecule has 2 aromatic rings. The van der Waals surface area contributed by atoms with Gasteiger partial charge in [-0.1, -0.05) is 49.4 Å². The van der Waals surface area contributed by atoms with Crippen LogP contribution in [-0.4, -0.2) is 19.0 Å². The molecule has 0 heterocycles. The van der Waals surface area contributed by atoms with Crippen LogP contribution in [0.1, 0.15) is 25.8 Å². The van der Waals surface area contributed by atoms with E-state index < -0.39 is 0 Å². The maximum Gasteiger partial charge on any atom is 0.191 e. The molecule has 0 atom stereocenters. The van der Waals surface area contributed by atoms with E-state index in [-0.39, 0.29) is 24.0 Å². The molecule has 0 bridgehead atoms. The summed E-state index contributed by atoms with van der Waals surface area (Å²) in [6.07, 6.45) is 1.10. The lowest BCUT2D eigenvalue weighted by Crippen LogP contribution is -2.37. The quantitative estimate of drug-likeness (QED) is 0.456. The molecule has 4 heteroatoms. The highest BCUT2D eigenvalue weighted by atomic mass is 127. The van der Waals surface area contributed by atoms with Crippen LogP contribution in [0.25, 0.3) is 10.8 Å². The molecule has 0 radical (unpaired) electrons. The van der Waals surface area contributed by atoms with Gasteiger partial charge >= 0.3 is 0 Å². The molecule has 2 N–H and O–H groups in total. The van der Waals surface area contributed by atoms with Gasteiger partial charge < -0.3 is 10.6 Å². The molecule has 2 rings (SSSR count). The topological polar surface area (TPSA) is 36.4 Å². The average Bonchev–Trinajstić information content (AvgIpc) is 2.50. The summed E-state index contributed by atoms with van der Waals surface area (Å²) in [5, 5.41) is 9.15. The van der Waals surface area contributed by atoms with Gasteiger partial charge in [0.1, 0.15) is 0 Å². The van der Waals surface area contributed by atoms with Crippen molar-refractivity contribution >= 4 is 40.7 Å². The van der Waals surface area contributed by atoms with Crippen molar-refractivity contribution in [2.75, 3.05) is 13.1 Å². The summed E-state index contributed by atoms with van der Waals surface area (Å²) in [7, 11) is 0. The van der Waals surface area contributed by atoms with Crippen LogP contribution >= 0.6 is 24.0 Å². The normalized spacial score (nSPS) is 11.0. The van der Waals surface area contributed by atoms with E-state index in [1.54, 1.807) is 0 Å². The van der Waals surface area contributed by atoms with E-state index in [9.17, 15) is 0 Å². The zero-order valence-corrected chi connectivity index (χ0v) is 15.1. The Morgan fingerprint density at radius 2 is 1.76 bits per heavy atom. The van der Waals surface area contributed by atoms with Gasteiger partial charge in [0.2, 0.25) is 0 Å². The van der Waals surface area contributed by atoms with Crippen LogP contribution in [0.4, 0.5) is 0 Å². The number of rotatable bonds is 5. The number of aliphatic imine (C=N–C) groups is 1. The molecule has 3 nitrogen and oxygen atoms in total. The van der Waals surface area contributed by atoms with Gasteiger partial charge in [-0.2, -0.15) is 0 Å². The Morgan fingerprint density at radius 3 is 2.52 bits per heavy atom. The Kier molecular flexibility index (Phi) is 8.12. The second kappa shape index (κ2) is 9.60. The predicted molar refractivity (Wildman–Crippen MR) is 102 cm³/mol. The fourth-order valence-corrected chi connectivity index (χ4v) is 2.18. The number of halogens is 1. The lowest BCUT2D eigenvalue weighted by Gasteiger charge is -2.11. The summed E-state index contributed by atoms with van der Waals surface area (Å²) in [5.74, 6) is 0.891. The van der Waals surface area contributed by atoms with Crippen LogP contribution in [0, 0.1) is 0 Å². The first kappa shape index (κ1) is 17.8. The van der Waals surface area contributed by atoms with Crippen LogP contribution in [-0.2, 0) is 6.54 Å². The fraction of sp³-hybridized carbons (Fsp3) is 0.353. The van der Waals surface area contributed by atoms with Gasteiger partial charge in [-0.05, 0) is 29.7 Å². The van der Waals surface area contributed by atoms with Crippen molar-refractivity contribution in [1.82, 2.24) is 10.6 Å². The molecule has 2 aromatic carbocycles. The van der Waals surface area contributed by atoms with Crippen LogP contribution in [0.5, 0.6) is 0 Å². The SMILES string of the molecule is CCCNC(=NCc1cccc2ccccc12)NCC.I. The standard InChI is InChI=1S/C17H23N3.HI/c1-3-12-19-17(18-4-2)20-13-15-10-7-9-14-8-5-6-11-16(14)15;/h5-11H,3-4,12-13H2,1-2H3,(H2,18,19,20);1H. The minimum absolute atomic E-state index is 0. The summed E-state index contributed by atoms with van der Waals surface area (Å²) in [6, 6.07) is 14.8. The van der Waals surface area contributed by atoms with Crippen molar-refractivity contribution in [2.24, 2.45) is 4.99 Å².